The van der Waals surface area contributed by atoms with Gasteiger partial charge in [-0.15, -0.1) is 0 Å². The molecule has 2 aliphatic heterocycles. The second-order valence-corrected chi connectivity index (χ2v) is 9.36. The summed E-state index contributed by atoms with van der Waals surface area (Å²) in [6, 6.07) is 3.42. The number of amides is 2. The first kappa shape index (κ1) is 26.2. The van der Waals surface area contributed by atoms with Gasteiger partial charge >= 0.3 is 18.4 Å². The second kappa shape index (κ2) is 9.24. The van der Waals surface area contributed by atoms with Crippen LogP contribution in [0.2, 0.25) is 0 Å². The summed E-state index contributed by atoms with van der Waals surface area (Å²) in [5.41, 5.74) is -1.83. The minimum absolute atomic E-state index is 0.0217. The van der Waals surface area contributed by atoms with Crippen molar-refractivity contribution >= 4 is 6.03 Å². The molecule has 4 rings (SSSR count). The molecule has 2 amide bonds. The molecule has 196 valence electrons. The SMILES string of the molecule is Cc1cc(F)ccc1[C@H]1CC2OC2CCN1C(=O)N(C)[C@H](C)c1cc(C(F)(F)F)cc(C(F)(F)F)c1. The number of aryl methyl sites for hydroxylation is 1. The Morgan fingerprint density at radius 2 is 1.64 bits per heavy atom. The maximum atomic E-state index is 13.7. The highest BCUT2D eigenvalue weighted by Crippen LogP contribution is 2.43. The quantitative estimate of drug-likeness (QED) is 0.328. The summed E-state index contributed by atoms with van der Waals surface area (Å²) >= 11 is 0. The van der Waals surface area contributed by atoms with Crippen LogP contribution in [0.15, 0.2) is 36.4 Å². The van der Waals surface area contributed by atoms with Gasteiger partial charge in [0.1, 0.15) is 5.82 Å². The Bertz CT molecular complexity index is 1120. The number of halogens is 7. The van der Waals surface area contributed by atoms with Gasteiger partial charge in [-0.25, -0.2) is 9.18 Å². The third-order valence-electron chi connectivity index (χ3n) is 6.99. The number of hydrogen-bond acceptors (Lipinski definition) is 2. The topological polar surface area (TPSA) is 36.1 Å². The first-order valence-corrected chi connectivity index (χ1v) is 11.4. The molecule has 11 heteroatoms. The van der Waals surface area contributed by atoms with E-state index in [4.69, 9.17) is 4.74 Å². The van der Waals surface area contributed by atoms with E-state index in [0.717, 1.165) is 4.90 Å². The molecular weight excluding hydrogens is 493 g/mol. The average Bonchev–Trinajstić information content (AvgIpc) is 3.55. The molecular formula is C25H25F7N2O2. The van der Waals surface area contributed by atoms with Crippen LogP contribution < -0.4 is 0 Å². The van der Waals surface area contributed by atoms with Crippen LogP contribution >= 0.6 is 0 Å². The van der Waals surface area contributed by atoms with Crippen molar-refractivity contribution in [3.8, 4) is 0 Å². The van der Waals surface area contributed by atoms with Gasteiger partial charge in [0.05, 0.1) is 35.4 Å². The Morgan fingerprint density at radius 3 is 2.19 bits per heavy atom. The van der Waals surface area contributed by atoms with Crippen molar-refractivity contribution < 1.29 is 40.3 Å². The standard InChI is InChI=1S/C25H25F7N2O2/c1-13-8-18(26)4-5-19(13)20-12-22-21(36-22)6-7-34(20)23(35)33(3)14(2)15-9-16(24(27,28)29)11-17(10-15)25(30,31)32/h4-5,8-11,14,20-22H,6-7,12H2,1-3H3/t14-,20-,21?,22?/m1/s1. The molecule has 2 heterocycles. The number of rotatable bonds is 3. The summed E-state index contributed by atoms with van der Waals surface area (Å²) in [6.45, 7) is 3.36. The first-order valence-electron chi connectivity index (χ1n) is 11.4. The molecule has 36 heavy (non-hydrogen) atoms. The van der Waals surface area contributed by atoms with Crippen molar-refractivity contribution in [3.63, 3.8) is 0 Å². The monoisotopic (exact) mass is 518 g/mol. The van der Waals surface area contributed by atoms with Crippen LogP contribution in [0.5, 0.6) is 0 Å². The number of urea groups is 1. The normalized spacial score (nSPS) is 23.1. The minimum atomic E-state index is -4.99. The number of ether oxygens (including phenoxy) is 1. The Labute approximate surface area is 203 Å². The van der Waals surface area contributed by atoms with E-state index < -0.39 is 47.4 Å². The second-order valence-electron chi connectivity index (χ2n) is 9.36. The van der Waals surface area contributed by atoms with Gasteiger partial charge in [-0.2, -0.15) is 26.3 Å². The van der Waals surface area contributed by atoms with Crippen molar-refractivity contribution in [2.75, 3.05) is 13.6 Å². The molecule has 2 aromatic rings. The summed E-state index contributed by atoms with van der Waals surface area (Å²) in [5, 5.41) is 0. The first-order chi connectivity index (χ1) is 16.7. The van der Waals surface area contributed by atoms with Gasteiger partial charge in [-0.1, -0.05) is 6.07 Å². The molecule has 2 fully saturated rings. The molecule has 2 aliphatic rings. The van der Waals surface area contributed by atoms with Crippen LogP contribution in [0.3, 0.4) is 0 Å². The average molecular weight is 518 g/mol. The van der Waals surface area contributed by atoms with Crippen LogP contribution in [-0.2, 0) is 17.1 Å². The van der Waals surface area contributed by atoms with Crippen LogP contribution in [0.25, 0.3) is 0 Å². The summed E-state index contributed by atoms with van der Waals surface area (Å²) in [6.07, 6.45) is -9.08. The third-order valence-corrected chi connectivity index (χ3v) is 6.99. The Hall–Kier alpha value is -2.82. The summed E-state index contributed by atoms with van der Waals surface area (Å²) in [7, 11) is 1.34. The van der Waals surface area contributed by atoms with Crippen molar-refractivity contribution in [2.24, 2.45) is 0 Å². The van der Waals surface area contributed by atoms with Crippen LogP contribution in [0.4, 0.5) is 35.5 Å². The fourth-order valence-electron chi connectivity index (χ4n) is 4.76. The largest absolute Gasteiger partial charge is 0.416 e. The molecule has 0 N–H and O–H groups in total. The van der Waals surface area contributed by atoms with E-state index in [2.05, 4.69) is 0 Å². The number of fused-ring (bicyclic) bond motifs is 1. The van der Waals surface area contributed by atoms with E-state index in [-0.39, 0.29) is 30.4 Å². The zero-order valence-electron chi connectivity index (χ0n) is 19.8. The highest BCUT2D eigenvalue weighted by Gasteiger charge is 2.46. The highest BCUT2D eigenvalue weighted by molar-refractivity contribution is 5.75. The number of hydrogen-bond donors (Lipinski definition) is 0. The lowest BCUT2D eigenvalue weighted by molar-refractivity contribution is -0.143. The molecule has 0 spiro atoms. The van der Waals surface area contributed by atoms with Gasteiger partial charge in [0, 0.05) is 20.0 Å². The number of carbonyl (C=O) groups is 1. The van der Waals surface area contributed by atoms with E-state index >= 15 is 0 Å². The lowest BCUT2D eigenvalue weighted by Crippen LogP contribution is -2.44. The molecule has 2 unspecified atom stereocenters. The van der Waals surface area contributed by atoms with Crippen LogP contribution in [0, 0.1) is 12.7 Å². The molecule has 4 atom stereocenters. The number of likely N-dealkylation sites (tertiary alicyclic amines) is 1. The Kier molecular flexibility index (Phi) is 6.74. The number of carbonyl (C=O) groups excluding carboxylic acids is 1. The van der Waals surface area contributed by atoms with Crippen LogP contribution in [0.1, 0.15) is 59.7 Å². The van der Waals surface area contributed by atoms with E-state index in [1.54, 1.807) is 17.9 Å². The van der Waals surface area contributed by atoms with Gasteiger partial charge in [0.2, 0.25) is 0 Å². The van der Waals surface area contributed by atoms with E-state index in [9.17, 15) is 35.5 Å². The lowest BCUT2D eigenvalue weighted by Gasteiger charge is -2.37. The summed E-state index contributed by atoms with van der Waals surface area (Å²) in [5.74, 6) is -0.431. The van der Waals surface area contributed by atoms with Crippen molar-refractivity contribution in [3.05, 3.63) is 70.0 Å². The Morgan fingerprint density at radius 1 is 1.03 bits per heavy atom. The molecule has 2 aromatic carbocycles. The molecule has 0 aromatic heterocycles. The van der Waals surface area contributed by atoms with Gasteiger partial charge in [0.25, 0.3) is 0 Å². The number of benzene rings is 2. The van der Waals surface area contributed by atoms with Crippen molar-refractivity contribution in [2.45, 2.75) is 63.3 Å². The predicted molar refractivity (Wildman–Crippen MR) is 116 cm³/mol. The van der Waals surface area contributed by atoms with Gasteiger partial charge in [-0.05, 0) is 67.3 Å². The van der Waals surface area contributed by atoms with Gasteiger partial charge in [0.15, 0.2) is 0 Å². The number of epoxide rings is 1. The number of nitrogens with zero attached hydrogens (tertiary/aromatic N) is 2. The van der Waals surface area contributed by atoms with Crippen molar-refractivity contribution in [1.29, 1.82) is 0 Å². The third kappa shape index (κ3) is 5.30. The molecule has 0 bridgehead atoms. The fraction of sp³-hybridized carbons (Fsp3) is 0.480. The zero-order valence-corrected chi connectivity index (χ0v) is 19.8. The smallest absolute Gasteiger partial charge is 0.369 e. The maximum absolute atomic E-state index is 13.7. The summed E-state index contributed by atoms with van der Waals surface area (Å²) in [4.78, 5) is 16.3. The number of alkyl halides is 6. The highest BCUT2D eigenvalue weighted by atomic mass is 19.4. The molecule has 0 radical (unpaired) electrons. The Balaban J connectivity index is 1.66. The van der Waals surface area contributed by atoms with Gasteiger partial charge in [-0.3, -0.25) is 0 Å². The fourth-order valence-corrected chi connectivity index (χ4v) is 4.76. The van der Waals surface area contributed by atoms with E-state index in [1.165, 1.54) is 26.1 Å². The molecule has 0 saturated carbocycles. The van der Waals surface area contributed by atoms with E-state index in [1.807, 2.05) is 0 Å². The van der Waals surface area contributed by atoms with Crippen LogP contribution in [-0.4, -0.2) is 41.6 Å². The minimum Gasteiger partial charge on any atom is -0.369 e. The van der Waals surface area contributed by atoms with E-state index in [0.29, 0.717) is 36.1 Å². The predicted octanol–water partition coefficient (Wildman–Crippen LogP) is 6.89. The molecule has 0 aliphatic carbocycles. The van der Waals surface area contributed by atoms with Crippen molar-refractivity contribution in [1.82, 2.24) is 9.80 Å². The molecule has 2 saturated heterocycles. The zero-order chi connectivity index (χ0) is 26.6. The lowest BCUT2D eigenvalue weighted by atomic mass is 9.96. The van der Waals surface area contributed by atoms with Gasteiger partial charge < -0.3 is 14.5 Å². The molecule has 4 nitrogen and oxygen atoms in total. The maximum Gasteiger partial charge on any atom is 0.416 e. The summed E-state index contributed by atoms with van der Waals surface area (Å²) < 4.78 is 99.4.